The van der Waals surface area contributed by atoms with Crippen LogP contribution in [0.25, 0.3) is 5.69 Å². The highest BCUT2D eigenvalue weighted by molar-refractivity contribution is 6.32. The third-order valence-electron chi connectivity index (χ3n) is 7.73. The molecule has 218 valence electrons. The Morgan fingerprint density at radius 3 is 2.24 bits per heavy atom. The summed E-state index contributed by atoms with van der Waals surface area (Å²) in [6, 6.07) is 13.4. The van der Waals surface area contributed by atoms with Crippen LogP contribution in [-0.2, 0) is 4.74 Å². The molecule has 2 aliphatic heterocycles. The number of nitrogens with zero attached hydrogens (tertiary/aromatic N) is 5. The van der Waals surface area contributed by atoms with Gasteiger partial charge in [-0.2, -0.15) is 5.10 Å². The molecule has 0 aliphatic carbocycles. The van der Waals surface area contributed by atoms with E-state index in [0.29, 0.717) is 54.6 Å². The maximum Gasteiger partial charge on any atom is 0.410 e. The van der Waals surface area contributed by atoms with Crippen LogP contribution < -0.4 is 4.90 Å². The van der Waals surface area contributed by atoms with Gasteiger partial charge in [-0.25, -0.2) is 9.48 Å². The molecule has 0 N–H and O–H groups in total. The standard InChI is InChI=1S/C31H37Cl2N5O3/c1-21-9-10-23(32)19-27(21)35-15-17-36(18-16-35)29(39)24-20-34-38(26-8-6-5-7-25(26)33)28(24)22-11-13-37(14-12-22)30(40)41-31(2,3)4/h5-10,19-20,22H,11-18H2,1-4H3. The number of piperazine rings is 1. The molecule has 3 aromatic rings. The predicted molar refractivity (Wildman–Crippen MR) is 163 cm³/mol. The lowest BCUT2D eigenvalue weighted by Gasteiger charge is -2.37. The van der Waals surface area contributed by atoms with Crippen LogP contribution in [0.1, 0.15) is 61.1 Å². The Kier molecular flexibility index (Phi) is 8.52. The number of halogens is 2. The number of anilines is 1. The number of ether oxygens (including phenoxy) is 1. The zero-order chi connectivity index (χ0) is 29.3. The summed E-state index contributed by atoms with van der Waals surface area (Å²) in [7, 11) is 0. The van der Waals surface area contributed by atoms with E-state index < -0.39 is 5.60 Å². The van der Waals surface area contributed by atoms with Gasteiger partial charge in [0.2, 0.25) is 0 Å². The zero-order valence-corrected chi connectivity index (χ0v) is 25.6. The quantitative estimate of drug-likeness (QED) is 0.340. The lowest BCUT2D eigenvalue weighted by molar-refractivity contribution is 0.0203. The number of hydrogen-bond donors (Lipinski definition) is 0. The first-order valence-electron chi connectivity index (χ1n) is 14.1. The van der Waals surface area contributed by atoms with E-state index in [1.807, 2.05) is 72.8 Å². The van der Waals surface area contributed by atoms with Crippen molar-refractivity contribution in [2.45, 2.75) is 52.1 Å². The van der Waals surface area contributed by atoms with Crippen molar-refractivity contribution >= 4 is 40.9 Å². The number of likely N-dealkylation sites (tertiary alicyclic amines) is 1. The number of aryl methyl sites for hydroxylation is 1. The van der Waals surface area contributed by atoms with Crippen molar-refractivity contribution in [3.05, 3.63) is 75.5 Å². The highest BCUT2D eigenvalue weighted by Crippen LogP contribution is 2.35. The largest absolute Gasteiger partial charge is 0.444 e. The van der Waals surface area contributed by atoms with Crippen LogP contribution in [0, 0.1) is 6.92 Å². The van der Waals surface area contributed by atoms with Crippen molar-refractivity contribution in [1.29, 1.82) is 0 Å². The summed E-state index contributed by atoms with van der Waals surface area (Å²) in [6.07, 6.45) is 2.75. The number of piperidine rings is 1. The maximum atomic E-state index is 14.0. The molecule has 3 heterocycles. The molecular formula is C31H37Cl2N5O3. The Morgan fingerprint density at radius 2 is 1.59 bits per heavy atom. The van der Waals surface area contributed by atoms with Crippen LogP contribution in [0.4, 0.5) is 10.5 Å². The Labute approximate surface area is 251 Å². The third kappa shape index (κ3) is 6.49. The fraction of sp³-hybridized carbons (Fsp3) is 0.452. The Balaban J connectivity index is 1.37. The van der Waals surface area contributed by atoms with Gasteiger partial charge in [-0.3, -0.25) is 4.79 Å². The van der Waals surface area contributed by atoms with E-state index in [1.54, 1.807) is 11.1 Å². The molecular weight excluding hydrogens is 561 g/mol. The lowest BCUT2D eigenvalue weighted by Crippen LogP contribution is -2.49. The number of hydrogen-bond acceptors (Lipinski definition) is 5. The number of amides is 2. The van der Waals surface area contributed by atoms with Gasteiger partial charge in [-0.1, -0.05) is 41.4 Å². The SMILES string of the molecule is Cc1ccc(Cl)cc1N1CCN(C(=O)c2cnn(-c3ccccc3Cl)c2C2CCN(C(=O)OC(C)(C)C)CC2)CC1. The van der Waals surface area contributed by atoms with E-state index in [9.17, 15) is 9.59 Å². The first kappa shape index (κ1) is 29.3. The number of carbonyl (C=O) groups is 2. The molecule has 41 heavy (non-hydrogen) atoms. The molecule has 2 fully saturated rings. The first-order chi connectivity index (χ1) is 19.5. The van der Waals surface area contributed by atoms with Crippen LogP contribution in [0.15, 0.2) is 48.7 Å². The van der Waals surface area contributed by atoms with Crippen molar-refractivity contribution in [2.75, 3.05) is 44.2 Å². The van der Waals surface area contributed by atoms with E-state index in [0.717, 1.165) is 35.7 Å². The molecule has 2 amide bonds. The average Bonchev–Trinajstić information content (AvgIpc) is 3.38. The fourth-order valence-electron chi connectivity index (χ4n) is 5.64. The van der Waals surface area contributed by atoms with Gasteiger partial charge in [0.15, 0.2) is 0 Å². The van der Waals surface area contributed by atoms with Gasteiger partial charge in [0.25, 0.3) is 5.91 Å². The van der Waals surface area contributed by atoms with E-state index >= 15 is 0 Å². The number of aromatic nitrogens is 2. The van der Waals surface area contributed by atoms with Crippen molar-refractivity contribution in [2.24, 2.45) is 0 Å². The molecule has 2 aliphatic rings. The van der Waals surface area contributed by atoms with Crippen molar-refractivity contribution in [1.82, 2.24) is 19.6 Å². The summed E-state index contributed by atoms with van der Waals surface area (Å²) < 4.78 is 7.40. The summed E-state index contributed by atoms with van der Waals surface area (Å²) in [5.41, 5.74) is 3.89. The molecule has 8 nitrogen and oxygen atoms in total. The molecule has 2 aromatic carbocycles. The average molecular weight is 599 g/mol. The minimum atomic E-state index is -0.550. The van der Waals surface area contributed by atoms with Crippen molar-refractivity contribution < 1.29 is 14.3 Å². The molecule has 0 spiro atoms. The zero-order valence-electron chi connectivity index (χ0n) is 24.1. The Hall–Kier alpha value is -3.23. The van der Waals surface area contributed by atoms with Gasteiger partial charge >= 0.3 is 6.09 Å². The van der Waals surface area contributed by atoms with E-state index in [4.69, 9.17) is 27.9 Å². The van der Waals surface area contributed by atoms with Crippen LogP contribution in [-0.4, -0.2) is 76.5 Å². The maximum absolute atomic E-state index is 14.0. The topological polar surface area (TPSA) is 70.9 Å². The lowest BCUT2D eigenvalue weighted by atomic mass is 9.90. The van der Waals surface area contributed by atoms with Crippen molar-refractivity contribution in [3.63, 3.8) is 0 Å². The van der Waals surface area contributed by atoms with Gasteiger partial charge in [-0.15, -0.1) is 0 Å². The molecule has 0 saturated carbocycles. The fourth-order valence-corrected chi connectivity index (χ4v) is 6.02. The van der Waals surface area contributed by atoms with Gasteiger partial charge in [0.05, 0.1) is 28.2 Å². The molecule has 0 atom stereocenters. The number of rotatable bonds is 4. The molecule has 1 aromatic heterocycles. The van der Waals surface area contributed by atoms with Crippen LogP contribution in [0.2, 0.25) is 10.0 Å². The smallest absolute Gasteiger partial charge is 0.410 e. The number of para-hydroxylation sites is 1. The van der Waals surface area contributed by atoms with E-state index in [1.165, 1.54) is 0 Å². The highest BCUT2D eigenvalue weighted by atomic mass is 35.5. The summed E-state index contributed by atoms with van der Waals surface area (Å²) in [5.74, 6) is -0.00264. The molecule has 0 unspecified atom stereocenters. The van der Waals surface area contributed by atoms with Crippen LogP contribution >= 0.6 is 23.2 Å². The van der Waals surface area contributed by atoms with Gasteiger partial charge < -0.3 is 19.4 Å². The van der Waals surface area contributed by atoms with Crippen molar-refractivity contribution in [3.8, 4) is 5.69 Å². The number of benzene rings is 2. The highest BCUT2D eigenvalue weighted by Gasteiger charge is 2.34. The first-order valence-corrected chi connectivity index (χ1v) is 14.9. The summed E-state index contributed by atoms with van der Waals surface area (Å²) in [4.78, 5) is 32.6. The van der Waals surface area contributed by atoms with Crippen LogP contribution in [0.5, 0.6) is 0 Å². The second kappa shape index (κ2) is 11.9. The summed E-state index contributed by atoms with van der Waals surface area (Å²) in [6.45, 7) is 11.4. The second-order valence-corrected chi connectivity index (χ2v) is 12.6. The van der Waals surface area contributed by atoms with Gasteiger partial charge in [0, 0.05) is 55.9 Å². The monoisotopic (exact) mass is 597 g/mol. The molecule has 0 bridgehead atoms. The Bertz CT molecular complexity index is 1420. The molecule has 0 radical (unpaired) electrons. The summed E-state index contributed by atoms with van der Waals surface area (Å²) >= 11 is 12.9. The van der Waals surface area contributed by atoms with E-state index in [-0.39, 0.29) is 17.9 Å². The molecule has 2 saturated heterocycles. The minimum Gasteiger partial charge on any atom is -0.444 e. The number of carbonyl (C=O) groups excluding carboxylic acids is 2. The Morgan fingerprint density at radius 1 is 0.902 bits per heavy atom. The summed E-state index contributed by atoms with van der Waals surface area (Å²) in [5, 5.41) is 5.95. The predicted octanol–water partition coefficient (Wildman–Crippen LogP) is 6.56. The minimum absolute atomic E-state index is 0.0295. The van der Waals surface area contributed by atoms with Crippen LogP contribution in [0.3, 0.4) is 0 Å². The van der Waals surface area contributed by atoms with E-state index in [2.05, 4.69) is 16.9 Å². The van der Waals surface area contributed by atoms with Gasteiger partial charge in [0.1, 0.15) is 5.60 Å². The molecule has 5 rings (SSSR count). The second-order valence-electron chi connectivity index (χ2n) is 11.8. The third-order valence-corrected chi connectivity index (χ3v) is 8.28. The normalized spacial score (nSPS) is 16.7. The van der Waals surface area contributed by atoms with Gasteiger partial charge in [-0.05, 0) is 70.4 Å². The molecule has 10 heteroatoms.